The van der Waals surface area contributed by atoms with Crippen molar-refractivity contribution in [3.05, 3.63) is 52.4 Å². The summed E-state index contributed by atoms with van der Waals surface area (Å²) in [4.78, 5) is 32.0. The summed E-state index contributed by atoms with van der Waals surface area (Å²) in [6.07, 6.45) is -0.870. The van der Waals surface area contributed by atoms with Crippen LogP contribution in [0.3, 0.4) is 0 Å². The van der Waals surface area contributed by atoms with Gasteiger partial charge in [0.1, 0.15) is 18.2 Å². The first-order valence-electron chi connectivity index (χ1n) is 9.12. The largest absolute Gasteiger partial charge is 0.446 e. The zero-order valence-electron chi connectivity index (χ0n) is 16.5. The van der Waals surface area contributed by atoms with Crippen LogP contribution in [-0.2, 0) is 15.5 Å². The first-order valence-corrected chi connectivity index (χ1v) is 9.50. The van der Waals surface area contributed by atoms with Crippen molar-refractivity contribution in [2.75, 3.05) is 23.0 Å². The van der Waals surface area contributed by atoms with Crippen molar-refractivity contribution in [1.29, 1.82) is 0 Å². The summed E-state index contributed by atoms with van der Waals surface area (Å²) in [6, 6.07) is 4.94. The van der Waals surface area contributed by atoms with E-state index in [9.17, 15) is 22.8 Å². The highest BCUT2D eigenvalue weighted by Crippen LogP contribution is 2.32. The summed E-state index contributed by atoms with van der Waals surface area (Å²) in [6.45, 7) is 3.84. The minimum absolute atomic E-state index is 0.111. The number of rotatable bonds is 5. The molecule has 0 saturated carbocycles. The number of nitrogens with zero attached hydrogens (tertiary/aromatic N) is 3. The highest BCUT2D eigenvalue weighted by molar-refractivity contribution is 6.31. The lowest BCUT2D eigenvalue weighted by atomic mass is 10.1. The van der Waals surface area contributed by atoms with Crippen LogP contribution in [0.1, 0.15) is 25.1 Å². The first kappa shape index (κ1) is 21.9. The van der Waals surface area contributed by atoms with Gasteiger partial charge < -0.3 is 9.64 Å². The van der Waals surface area contributed by atoms with Crippen LogP contribution in [-0.4, -0.2) is 36.2 Å². The first-order chi connectivity index (χ1) is 14.0. The highest BCUT2D eigenvalue weighted by Gasteiger charge is 2.43. The number of anilines is 2. The molecule has 1 aliphatic rings. The maximum absolute atomic E-state index is 13.8. The predicted molar refractivity (Wildman–Crippen MR) is 106 cm³/mol. The lowest BCUT2D eigenvalue weighted by molar-refractivity contribution is -0.119. The van der Waals surface area contributed by atoms with Crippen LogP contribution < -0.4 is 9.80 Å². The predicted octanol–water partition coefficient (Wildman–Crippen LogP) is 4.67. The Bertz CT molecular complexity index is 997. The van der Waals surface area contributed by atoms with Crippen LogP contribution in [0.25, 0.3) is 0 Å². The SMILES string of the molecule is CCN(C(=O)[C@@H]1COC(=O)N1c1cc(C(C)(F)F)cc(C)n1)c1ccc(F)c(Cl)c1. The molecule has 1 fully saturated rings. The molecule has 1 saturated heterocycles. The number of carbonyl (C=O) groups is 2. The summed E-state index contributed by atoms with van der Waals surface area (Å²) in [5.74, 6) is -4.45. The molecule has 0 aliphatic carbocycles. The van der Waals surface area contributed by atoms with E-state index in [2.05, 4.69) is 4.98 Å². The van der Waals surface area contributed by atoms with Crippen LogP contribution in [0.15, 0.2) is 30.3 Å². The minimum Gasteiger partial charge on any atom is -0.446 e. The average molecular weight is 442 g/mol. The van der Waals surface area contributed by atoms with Gasteiger partial charge in [0.2, 0.25) is 0 Å². The topological polar surface area (TPSA) is 62.7 Å². The Morgan fingerprint density at radius 1 is 1.37 bits per heavy atom. The van der Waals surface area contributed by atoms with E-state index in [1.165, 1.54) is 30.0 Å². The van der Waals surface area contributed by atoms with Gasteiger partial charge in [-0.1, -0.05) is 11.6 Å². The van der Waals surface area contributed by atoms with Crippen molar-refractivity contribution in [2.24, 2.45) is 0 Å². The number of likely N-dealkylation sites (N-methyl/N-ethyl adjacent to an activating group) is 1. The number of hydrogen-bond acceptors (Lipinski definition) is 4. The van der Waals surface area contributed by atoms with Gasteiger partial charge >= 0.3 is 6.09 Å². The smallest absolute Gasteiger partial charge is 0.416 e. The average Bonchev–Trinajstić information content (AvgIpc) is 3.05. The second kappa shape index (κ2) is 8.14. The second-order valence-electron chi connectivity index (χ2n) is 6.89. The van der Waals surface area contributed by atoms with E-state index >= 15 is 0 Å². The molecule has 30 heavy (non-hydrogen) atoms. The summed E-state index contributed by atoms with van der Waals surface area (Å²) >= 11 is 5.82. The summed E-state index contributed by atoms with van der Waals surface area (Å²) in [5, 5.41) is -0.162. The quantitative estimate of drug-likeness (QED) is 0.676. The number of ether oxygens (including phenoxy) is 1. The number of benzene rings is 1. The number of amides is 2. The molecule has 0 unspecified atom stereocenters. The Hall–Kier alpha value is -2.81. The van der Waals surface area contributed by atoms with Gasteiger partial charge in [-0.05, 0) is 44.2 Å². The fraction of sp³-hybridized carbons (Fsp3) is 0.350. The summed E-state index contributed by atoms with van der Waals surface area (Å²) in [7, 11) is 0. The van der Waals surface area contributed by atoms with Crippen molar-refractivity contribution >= 4 is 35.1 Å². The summed E-state index contributed by atoms with van der Waals surface area (Å²) < 4.78 is 46.2. The van der Waals surface area contributed by atoms with E-state index in [0.29, 0.717) is 5.69 Å². The van der Waals surface area contributed by atoms with Gasteiger partial charge in [0, 0.05) is 30.4 Å². The number of halogens is 4. The maximum atomic E-state index is 13.8. The lowest BCUT2D eigenvalue weighted by Crippen LogP contribution is -2.48. The molecule has 2 aromatic rings. The maximum Gasteiger partial charge on any atom is 0.416 e. The van der Waals surface area contributed by atoms with Gasteiger partial charge in [-0.15, -0.1) is 0 Å². The normalized spacial score (nSPS) is 16.6. The molecule has 1 aromatic carbocycles. The third-order valence-electron chi connectivity index (χ3n) is 4.65. The van der Waals surface area contributed by atoms with Gasteiger partial charge in [0.25, 0.3) is 11.8 Å². The molecule has 1 aromatic heterocycles. The van der Waals surface area contributed by atoms with E-state index in [4.69, 9.17) is 16.3 Å². The third kappa shape index (κ3) is 4.21. The lowest BCUT2D eigenvalue weighted by Gasteiger charge is -2.28. The van der Waals surface area contributed by atoms with Crippen LogP contribution >= 0.6 is 11.6 Å². The Labute approximate surface area is 176 Å². The van der Waals surface area contributed by atoms with Crippen LogP contribution in [0.2, 0.25) is 5.02 Å². The summed E-state index contributed by atoms with van der Waals surface area (Å²) in [5.41, 5.74) is 0.243. The van der Waals surface area contributed by atoms with Gasteiger partial charge in [-0.25, -0.2) is 27.8 Å². The molecule has 2 amide bonds. The molecule has 1 aliphatic heterocycles. The molecule has 1 atom stereocenters. The van der Waals surface area contributed by atoms with E-state index in [1.807, 2.05) is 0 Å². The van der Waals surface area contributed by atoms with Gasteiger partial charge in [0.05, 0.1) is 5.02 Å². The van der Waals surface area contributed by atoms with Crippen molar-refractivity contribution in [3.63, 3.8) is 0 Å². The monoisotopic (exact) mass is 441 g/mol. The van der Waals surface area contributed by atoms with Crippen LogP contribution in [0.4, 0.5) is 29.5 Å². The molecule has 0 radical (unpaired) electrons. The Kier molecular flexibility index (Phi) is 5.94. The molecular formula is C20H19ClF3N3O3. The van der Waals surface area contributed by atoms with Crippen LogP contribution in [0, 0.1) is 12.7 Å². The molecular weight excluding hydrogens is 423 g/mol. The van der Waals surface area contributed by atoms with E-state index in [1.54, 1.807) is 6.92 Å². The number of pyridine rings is 1. The van der Waals surface area contributed by atoms with Gasteiger partial charge in [0.15, 0.2) is 6.04 Å². The van der Waals surface area contributed by atoms with E-state index in [0.717, 1.165) is 24.0 Å². The van der Waals surface area contributed by atoms with Crippen molar-refractivity contribution in [2.45, 2.75) is 32.7 Å². The molecule has 0 N–H and O–H groups in total. The number of aryl methyl sites for hydroxylation is 1. The molecule has 160 valence electrons. The Balaban J connectivity index is 1.99. The molecule has 0 spiro atoms. The molecule has 3 rings (SSSR count). The van der Waals surface area contributed by atoms with Crippen molar-refractivity contribution in [1.82, 2.24) is 4.98 Å². The van der Waals surface area contributed by atoms with Crippen molar-refractivity contribution in [3.8, 4) is 0 Å². The molecule has 6 nitrogen and oxygen atoms in total. The fourth-order valence-electron chi connectivity index (χ4n) is 3.18. The van der Waals surface area contributed by atoms with E-state index in [-0.39, 0.29) is 35.2 Å². The fourth-order valence-corrected chi connectivity index (χ4v) is 3.36. The number of alkyl halides is 2. The molecule has 10 heteroatoms. The number of hydrogen-bond donors (Lipinski definition) is 0. The third-order valence-corrected chi connectivity index (χ3v) is 4.94. The zero-order chi connectivity index (χ0) is 22.2. The van der Waals surface area contributed by atoms with E-state index < -0.39 is 29.8 Å². The highest BCUT2D eigenvalue weighted by atomic mass is 35.5. The Morgan fingerprint density at radius 3 is 2.67 bits per heavy atom. The van der Waals surface area contributed by atoms with Crippen LogP contribution in [0.5, 0.6) is 0 Å². The number of carbonyl (C=O) groups excluding carboxylic acids is 2. The second-order valence-corrected chi connectivity index (χ2v) is 7.29. The zero-order valence-corrected chi connectivity index (χ0v) is 17.2. The molecule has 0 bridgehead atoms. The van der Waals surface area contributed by atoms with Gasteiger partial charge in [-0.2, -0.15) is 0 Å². The number of aromatic nitrogens is 1. The standard InChI is InChI=1S/C20H19ClF3N3O3/c1-4-26(13-5-6-15(22)14(21)9-13)18(28)16-10-30-19(29)27(16)17-8-12(20(3,23)24)7-11(2)25-17/h5-9,16H,4,10H2,1-3H3/t16-/m0/s1. The Morgan fingerprint density at radius 2 is 2.07 bits per heavy atom. The van der Waals surface area contributed by atoms with Gasteiger partial charge in [-0.3, -0.25) is 4.79 Å². The molecule has 2 heterocycles. The number of cyclic esters (lactones) is 1. The minimum atomic E-state index is -3.16. The van der Waals surface area contributed by atoms with Crippen molar-refractivity contribution < 1.29 is 27.5 Å².